The van der Waals surface area contributed by atoms with Crippen LogP contribution in [0.1, 0.15) is 74.7 Å². The van der Waals surface area contributed by atoms with Gasteiger partial charge in [-0.2, -0.15) is 0 Å². The smallest absolute Gasteiger partial charge is 0.319 e. The second-order valence-corrected chi connectivity index (χ2v) is 9.65. The summed E-state index contributed by atoms with van der Waals surface area (Å²) < 4.78 is 5.11. The van der Waals surface area contributed by atoms with E-state index in [1.54, 1.807) is 0 Å². The fourth-order valence-corrected chi connectivity index (χ4v) is 4.25. The van der Waals surface area contributed by atoms with E-state index >= 15 is 0 Å². The summed E-state index contributed by atoms with van der Waals surface area (Å²) in [5.74, 6) is -1.92. The Labute approximate surface area is 170 Å². The van der Waals surface area contributed by atoms with Crippen molar-refractivity contribution in [3.63, 3.8) is 0 Å². The number of carbonyl (C=O) groups excluding carboxylic acids is 3. The lowest BCUT2D eigenvalue weighted by atomic mass is 9.50. The van der Waals surface area contributed by atoms with Gasteiger partial charge in [0, 0.05) is 5.92 Å². The number of methoxy groups -OCH3 is 1. The Hall–Kier alpha value is -1.71. The van der Waals surface area contributed by atoms with Gasteiger partial charge in [0.25, 0.3) is 0 Å². The van der Waals surface area contributed by atoms with Crippen LogP contribution in [0.3, 0.4) is 0 Å². The predicted octanol–water partition coefficient (Wildman–Crippen LogP) is 5.31. The van der Waals surface area contributed by atoms with Crippen LogP contribution in [0.2, 0.25) is 0 Å². The van der Waals surface area contributed by atoms with Crippen LogP contribution in [0.5, 0.6) is 0 Å². The Morgan fingerprint density at radius 1 is 1.11 bits per heavy atom. The third-order valence-electron chi connectivity index (χ3n) is 6.22. The van der Waals surface area contributed by atoms with Crippen molar-refractivity contribution in [1.82, 2.24) is 0 Å². The first kappa shape index (κ1) is 24.3. The van der Waals surface area contributed by atoms with Crippen molar-refractivity contribution in [1.29, 1.82) is 0 Å². The highest BCUT2D eigenvalue weighted by atomic mass is 16.5. The van der Waals surface area contributed by atoms with Gasteiger partial charge in [0.05, 0.1) is 13.0 Å². The van der Waals surface area contributed by atoms with Gasteiger partial charge in [0.15, 0.2) is 5.78 Å². The summed E-state index contributed by atoms with van der Waals surface area (Å²) in [4.78, 5) is 39.8. The second-order valence-electron chi connectivity index (χ2n) is 9.65. The lowest BCUT2D eigenvalue weighted by Gasteiger charge is -2.50. The van der Waals surface area contributed by atoms with Crippen molar-refractivity contribution in [2.75, 3.05) is 7.11 Å². The number of ether oxygens (including phenoxy) is 1. The molecule has 0 N–H and O–H groups in total. The highest BCUT2D eigenvalue weighted by molar-refractivity contribution is 6.14. The van der Waals surface area contributed by atoms with Gasteiger partial charge in [-0.15, -0.1) is 0 Å². The van der Waals surface area contributed by atoms with E-state index in [2.05, 4.69) is 6.08 Å². The quantitative estimate of drug-likeness (QED) is 0.335. The van der Waals surface area contributed by atoms with Crippen LogP contribution in [0.15, 0.2) is 23.3 Å². The maximum absolute atomic E-state index is 13.7. The molecular weight excluding hydrogens is 352 g/mol. The van der Waals surface area contributed by atoms with Gasteiger partial charge in [0.2, 0.25) is 0 Å². The number of rotatable bonds is 7. The molecule has 1 rings (SSSR count). The van der Waals surface area contributed by atoms with Gasteiger partial charge in [-0.1, -0.05) is 51.0 Å². The molecular formula is C24H38O4. The van der Waals surface area contributed by atoms with Crippen molar-refractivity contribution in [3.05, 3.63) is 23.3 Å². The maximum Gasteiger partial charge on any atom is 0.319 e. The summed E-state index contributed by atoms with van der Waals surface area (Å²) in [6.07, 6.45) is 5.48. The Morgan fingerprint density at radius 2 is 1.64 bits per heavy atom. The molecule has 0 aromatic carbocycles. The lowest BCUT2D eigenvalue weighted by Crippen LogP contribution is -2.58. The van der Waals surface area contributed by atoms with Crippen LogP contribution < -0.4 is 0 Å². The van der Waals surface area contributed by atoms with Crippen LogP contribution in [0.4, 0.5) is 0 Å². The van der Waals surface area contributed by atoms with Crippen LogP contribution in [-0.4, -0.2) is 24.6 Å². The monoisotopic (exact) mass is 390 g/mol. The topological polar surface area (TPSA) is 60.4 Å². The molecule has 0 spiro atoms. The number of hydrogen-bond donors (Lipinski definition) is 0. The third kappa shape index (κ3) is 4.82. The van der Waals surface area contributed by atoms with Crippen LogP contribution >= 0.6 is 0 Å². The molecule has 0 saturated heterocycles. The molecule has 4 nitrogen and oxygen atoms in total. The molecule has 4 heteroatoms. The van der Waals surface area contributed by atoms with E-state index in [1.165, 1.54) is 12.7 Å². The average molecular weight is 391 g/mol. The van der Waals surface area contributed by atoms with E-state index in [-0.39, 0.29) is 29.8 Å². The van der Waals surface area contributed by atoms with Gasteiger partial charge in [0.1, 0.15) is 11.2 Å². The molecule has 0 aromatic heterocycles. The molecule has 0 heterocycles. The Kier molecular flexibility index (Phi) is 7.99. The summed E-state index contributed by atoms with van der Waals surface area (Å²) in [7, 11) is 1.32. The van der Waals surface area contributed by atoms with Crippen molar-refractivity contribution >= 4 is 17.5 Å². The number of hydrogen-bond acceptors (Lipinski definition) is 4. The number of Topliss-reactive ketones (excluding diaryl/α,β-unsaturated/α-hetero) is 2. The molecule has 0 aliphatic heterocycles. The molecule has 1 aliphatic rings. The molecule has 1 fully saturated rings. The Morgan fingerprint density at radius 3 is 2.07 bits per heavy atom. The largest absolute Gasteiger partial charge is 0.468 e. The normalized spacial score (nSPS) is 26.6. The summed E-state index contributed by atoms with van der Waals surface area (Å²) in [6.45, 7) is 15.6. The van der Waals surface area contributed by atoms with Crippen molar-refractivity contribution in [2.24, 2.45) is 28.6 Å². The highest BCUT2D eigenvalue weighted by Crippen LogP contribution is 2.54. The van der Waals surface area contributed by atoms with Crippen molar-refractivity contribution < 1.29 is 19.1 Å². The summed E-state index contributed by atoms with van der Waals surface area (Å²) in [6, 6.07) is 0. The number of allylic oxidation sites excluding steroid dienone is 4. The standard InChI is InChI=1S/C24H38O4/c1-15(2)10-11-18-14-24(22(27)28-9,13-12-16(3)4)21(26)19(23(18,7)8)20(25)17(5)6/h10,12,17-19H,11,13-14H2,1-9H3/t18-,19-,24+/m0/s1. The van der Waals surface area contributed by atoms with Gasteiger partial charge >= 0.3 is 5.97 Å². The van der Waals surface area contributed by atoms with Crippen LogP contribution in [-0.2, 0) is 19.1 Å². The Balaban J connectivity index is 3.64. The molecule has 1 saturated carbocycles. The zero-order chi connectivity index (χ0) is 21.9. The molecule has 0 amide bonds. The summed E-state index contributed by atoms with van der Waals surface area (Å²) in [5, 5.41) is 0. The van der Waals surface area contributed by atoms with Gasteiger partial charge < -0.3 is 4.74 Å². The minimum Gasteiger partial charge on any atom is -0.468 e. The van der Waals surface area contributed by atoms with Crippen molar-refractivity contribution in [3.8, 4) is 0 Å². The molecule has 3 atom stereocenters. The molecule has 0 aromatic rings. The maximum atomic E-state index is 13.7. The van der Waals surface area contributed by atoms with Crippen LogP contribution in [0, 0.1) is 28.6 Å². The van der Waals surface area contributed by atoms with Gasteiger partial charge in [-0.25, -0.2) is 0 Å². The predicted molar refractivity (Wildman–Crippen MR) is 113 cm³/mol. The highest BCUT2D eigenvalue weighted by Gasteiger charge is 2.61. The average Bonchev–Trinajstić information content (AvgIpc) is 2.58. The summed E-state index contributed by atoms with van der Waals surface area (Å²) >= 11 is 0. The number of esters is 1. The fraction of sp³-hybridized carbons (Fsp3) is 0.708. The van der Waals surface area contributed by atoms with E-state index < -0.39 is 22.7 Å². The molecule has 0 unspecified atom stereocenters. The van der Waals surface area contributed by atoms with E-state index in [9.17, 15) is 14.4 Å². The molecule has 28 heavy (non-hydrogen) atoms. The molecule has 0 radical (unpaired) electrons. The first-order valence-electron chi connectivity index (χ1n) is 10.2. The van der Waals surface area contributed by atoms with E-state index in [0.717, 1.165) is 12.0 Å². The van der Waals surface area contributed by atoms with E-state index in [4.69, 9.17) is 4.74 Å². The van der Waals surface area contributed by atoms with Gasteiger partial charge in [-0.05, 0) is 58.3 Å². The first-order chi connectivity index (χ1) is 12.8. The molecule has 0 bridgehead atoms. The van der Waals surface area contributed by atoms with Gasteiger partial charge in [-0.3, -0.25) is 14.4 Å². The zero-order valence-corrected chi connectivity index (χ0v) is 19.1. The second kappa shape index (κ2) is 9.19. The van der Waals surface area contributed by atoms with Crippen LogP contribution in [0.25, 0.3) is 0 Å². The first-order valence-corrected chi connectivity index (χ1v) is 10.2. The number of carbonyl (C=O) groups is 3. The molecule has 158 valence electrons. The fourth-order valence-electron chi connectivity index (χ4n) is 4.25. The SMILES string of the molecule is COC(=O)[C@]1(CC=C(C)C)C[C@H](CC=C(C)C)C(C)(C)[C@@H](C(=O)C(C)C)C1=O. The third-order valence-corrected chi connectivity index (χ3v) is 6.22. The van der Waals surface area contributed by atoms with Crippen molar-refractivity contribution in [2.45, 2.75) is 74.7 Å². The minimum atomic E-state index is -1.29. The minimum absolute atomic E-state index is 0.0254. The van der Waals surface area contributed by atoms with E-state index in [1.807, 2.05) is 61.5 Å². The lowest BCUT2D eigenvalue weighted by molar-refractivity contribution is -0.171. The number of ketones is 2. The zero-order valence-electron chi connectivity index (χ0n) is 19.1. The molecule has 1 aliphatic carbocycles. The van der Waals surface area contributed by atoms with E-state index in [0.29, 0.717) is 6.42 Å². The summed E-state index contributed by atoms with van der Waals surface area (Å²) in [5.41, 5.74) is 0.407. The Bertz CT molecular complexity index is 673.